The average molecular weight is 357 g/mol. The molecule has 0 rings (SSSR count). The van der Waals surface area contributed by atoms with Crippen LogP contribution in [0.15, 0.2) is 0 Å². The van der Waals surface area contributed by atoms with Crippen molar-refractivity contribution >= 4 is 7.25 Å². The summed E-state index contributed by atoms with van der Waals surface area (Å²) in [7, 11) is -6.00. The van der Waals surface area contributed by atoms with Crippen LogP contribution < -0.4 is 0 Å². The van der Waals surface area contributed by atoms with E-state index in [1.54, 1.807) is 24.3 Å². The summed E-state index contributed by atoms with van der Waals surface area (Å²) < 4.78 is 39.0. The molecule has 0 aliphatic carbocycles. The summed E-state index contributed by atoms with van der Waals surface area (Å²) in [4.78, 5) is 0. The van der Waals surface area contributed by atoms with Crippen LogP contribution in [0.2, 0.25) is 0 Å². The van der Waals surface area contributed by atoms with Gasteiger partial charge >= 0.3 is 7.25 Å². The van der Waals surface area contributed by atoms with Crippen molar-refractivity contribution in [2.45, 2.75) is 27.7 Å². The van der Waals surface area contributed by atoms with Crippen molar-refractivity contribution in [3.05, 3.63) is 0 Å². The molecule has 0 atom stereocenters. The van der Waals surface area contributed by atoms with Gasteiger partial charge < -0.3 is 17.3 Å². The third kappa shape index (κ3) is 1020. The Bertz CT molecular complexity index is 228. The van der Waals surface area contributed by atoms with Gasteiger partial charge in [0, 0.05) is 48.1 Å². The summed E-state index contributed by atoms with van der Waals surface area (Å²) in [6.07, 6.45) is 0. The molecule has 4 nitrogen and oxygen atoms in total. The largest absolute Gasteiger partial charge is 0.673 e. The van der Waals surface area contributed by atoms with Crippen LogP contribution in [-0.2, 0) is 20.4 Å². The molecule has 0 amide bonds. The van der Waals surface area contributed by atoms with Gasteiger partial charge in [0.05, 0.1) is 24.3 Å². The average Bonchev–Trinajstić information content (AvgIpc) is 2.04. The van der Waals surface area contributed by atoms with Crippen molar-refractivity contribution < 1.29 is 37.7 Å². The van der Waals surface area contributed by atoms with Crippen molar-refractivity contribution in [3.8, 4) is 24.3 Å². The van der Waals surface area contributed by atoms with Crippen LogP contribution in [0.4, 0.5) is 17.3 Å². The molecule has 0 unspecified atom stereocenters. The molecule has 0 saturated heterocycles. The van der Waals surface area contributed by atoms with Gasteiger partial charge in [-0.1, -0.05) is 0 Å². The predicted octanol–water partition coefficient (Wildman–Crippen LogP) is 3.42. The number of hydrogen-bond donors (Lipinski definition) is 0. The van der Waals surface area contributed by atoms with Gasteiger partial charge in [-0.15, -0.1) is 0 Å². The Morgan fingerprint density at radius 3 is 0.611 bits per heavy atom. The molecule has 0 aliphatic heterocycles. The maximum atomic E-state index is 9.75. The van der Waals surface area contributed by atoms with Crippen molar-refractivity contribution in [3.63, 3.8) is 0 Å². The third-order valence-electron chi connectivity index (χ3n) is 0. The minimum atomic E-state index is -6.00. The van der Waals surface area contributed by atoms with E-state index in [0.717, 1.165) is 0 Å². The molecule has 0 N–H and O–H groups in total. The summed E-state index contributed by atoms with van der Waals surface area (Å²) in [5.41, 5.74) is 0. The molecule has 0 radical (unpaired) electrons. The fourth-order valence-electron chi connectivity index (χ4n) is 0. The van der Waals surface area contributed by atoms with Crippen molar-refractivity contribution in [1.29, 1.82) is 21.0 Å². The van der Waals surface area contributed by atoms with Gasteiger partial charge in [-0.05, 0) is 0 Å². The first-order valence-electron chi connectivity index (χ1n) is 3.77. The molecular weight excluding hydrogens is 345 g/mol. The Morgan fingerprint density at radius 2 is 0.611 bits per heavy atom. The van der Waals surface area contributed by atoms with Crippen LogP contribution in [0.25, 0.3) is 0 Å². The monoisotopic (exact) mass is 357 g/mol. The van der Waals surface area contributed by atoms with E-state index in [1.807, 2.05) is 0 Å². The van der Waals surface area contributed by atoms with Crippen LogP contribution in [-0.4, -0.2) is 7.25 Å². The van der Waals surface area contributed by atoms with Gasteiger partial charge in [-0.3, -0.25) is 0 Å². The van der Waals surface area contributed by atoms with E-state index in [-0.39, 0.29) is 20.4 Å². The maximum Gasteiger partial charge on any atom is 0.673 e. The number of halogens is 4. The normalized spacial score (nSPS) is 5.11. The Labute approximate surface area is 118 Å². The molecule has 0 aliphatic rings. The van der Waals surface area contributed by atoms with Crippen LogP contribution in [0.5, 0.6) is 0 Å². The zero-order valence-electron chi connectivity index (χ0n) is 10.2. The Kier molecular flexibility index (Phi) is 90.4. The molecule has 0 bridgehead atoms. The van der Waals surface area contributed by atoms with E-state index >= 15 is 0 Å². The number of hydrogen-bond acceptors (Lipinski definition) is 4. The summed E-state index contributed by atoms with van der Waals surface area (Å²) in [5.74, 6) is 0. The summed E-state index contributed by atoms with van der Waals surface area (Å²) in [5, 5.41) is 29.3. The topological polar surface area (TPSA) is 95.2 Å². The minimum absolute atomic E-state index is 0. The Morgan fingerprint density at radius 1 is 0.611 bits per heavy atom. The Hall–Kier alpha value is -1.59. The molecule has 0 aromatic carbocycles. The minimum Gasteiger partial charge on any atom is -0.418 e. The summed E-state index contributed by atoms with van der Waals surface area (Å²) in [6, 6.07) is 7.00. The van der Waals surface area contributed by atoms with E-state index in [4.69, 9.17) is 21.0 Å². The molecule has 18 heavy (non-hydrogen) atoms. The number of rotatable bonds is 0. The van der Waals surface area contributed by atoms with Crippen LogP contribution in [0.3, 0.4) is 0 Å². The molecule has 0 fully saturated rings. The van der Waals surface area contributed by atoms with Crippen LogP contribution in [0.1, 0.15) is 27.7 Å². The van der Waals surface area contributed by atoms with E-state index in [1.165, 1.54) is 27.7 Å². The van der Waals surface area contributed by atoms with Gasteiger partial charge in [0.15, 0.2) is 0 Å². The zero-order chi connectivity index (χ0) is 15.3. The summed E-state index contributed by atoms with van der Waals surface area (Å²) >= 11 is 0. The smallest absolute Gasteiger partial charge is 0.418 e. The number of nitriles is 4. The van der Waals surface area contributed by atoms with E-state index < -0.39 is 7.25 Å². The van der Waals surface area contributed by atoms with Crippen LogP contribution in [0, 0.1) is 45.3 Å². The van der Waals surface area contributed by atoms with Gasteiger partial charge in [0.1, 0.15) is 0 Å². The Balaban J connectivity index is -0.0000000252. The predicted molar refractivity (Wildman–Crippen MR) is 55.3 cm³/mol. The second-order valence-electron chi connectivity index (χ2n) is 1.39. The first-order valence-corrected chi connectivity index (χ1v) is 3.77. The fraction of sp³-hybridized carbons (Fsp3) is 0.500. The zero-order valence-corrected chi connectivity index (χ0v) is 11.7. The molecule has 106 valence electrons. The SMILES string of the molecule is CC#N.CC#N.CC#N.CC#N.F[B-](F)(F)F.[Pd]. The van der Waals surface area contributed by atoms with E-state index in [2.05, 4.69) is 0 Å². The molecule has 0 aromatic rings. The molecule has 0 aromatic heterocycles. The van der Waals surface area contributed by atoms with Gasteiger partial charge in [0.2, 0.25) is 0 Å². The number of nitrogens with zero attached hydrogens (tertiary/aromatic N) is 4. The third-order valence-corrected chi connectivity index (χ3v) is 0. The van der Waals surface area contributed by atoms with Gasteiger partial charge in [0.25, 0.3) is 0 Å². The maximum absolute atomic E-state index is 9.75. The first-order chi connectivity index (χ1) is 7.66. The molecule has 0 heterocycles. The quantitative estimate of drug-likeness (QED) is 0.490. The first kappa shape index (κ1) is 36.0. The van der Waals surface area contributed by atoms with E-state index in [0.29, 0.717) is 0 Å². The molecule has 0 spiro atoms. The second kappa shape index (κ2) is 45.2. The fourth-order valence-corrected chi connectivity index (χ4v) is 0. The standard InChI is InChI=1S/4C2H3N.BF4.Pd/c4*1-2-3;2-1(3,4)5;/h4*1H3;;/q;;;;-1;. The second-order valence-corrected chi connectivity index (χ2v) is 1.39. The molecular formula is C8H12BF4N4Pd-. The van der Waals surface area contributed by atoms with Gasteiger partial charge in [-0.2, -0.15) is 21.0 Å². The van der Waals surface area contributed by atoms with E-state index in [9.17, 15) is 17.3 Å². The van der Waals surface area contributed by atoms with Crippen LogP contribution >= 0.6 is 0 Å². The molecule has 0 saturated carbocycles. The molecule has 10 heteroatoms. The van der Waals surface area contributed by atoms with Gasteiger partial charge in [-0.25, -0.2) is 0 Å². The van der Waals surface area contributed by atoms with Crippen molar-refractivity contribution in [2.24, 2.45) is 0 Å². The summed E-state index contributed by atoms with van der Waals surface area (Å²) in [6.45, 7) is 5.72. The van der Waals surface area contributed by atoms with Crippen molar-refractivity contribution in [2.75, 3.05) is 0 Å². The van der Waals surface area contributed by atoms with Crippen molar-refractivity contribution in [1.82, 2.24) is 0 Å².